The van der Waals surface area contributed by atoms with E-state index in [9.17, 15) is 0 Å². The van der Waals surface area contributed by atoms with Gasteiger partial charge in [-0.25, -0.2) is 0 Å². The van der Waals surface area contributed by atoms with E-state index in [-0.39, 0.29) is 0 Å². The Hall–Kier alpha value is -0.618. The summed E-state index contributed by atoms with van der Waals surface area (Å²) in [7, 11) is -3.82. The van der Waals surface area contributed by atoms with Crippen LogP contribution in [0.1, 0.15) is 0 Å². The first kappa shape index (κ1) is 10.5. The van der Waals surface area contributed by atoms with Gasteiger partial charge in [0.2, 0.25) is 8.32 Å². The average molecular weight is 196 g/mol. The van der Waals surface area contributed by atoms with E-state index in [1.807, 2.05) is 43.4 Å². The van der Waals surface area contributed by atoms with Gasteiger partial charge in [0.05, 0.1) is 0 Å². The Morgan fingerprint density at radius 2 is 1.69 bits per heavy atom. The van der Waals surface area contributed by atoms with Crippen molar-refractivity contribution < 1.29 is 14.4 Å². The highest BCUT2D eigenvalue weighted by molar-refractivity contribution is 6.87. The molecular weight excluding hydrogens is 183 g/mol. The van der Waals surface area contributed by atoms with E-state index in [0.29, 0.717) is 0 Å². The van der Waals surface area contributed by atoms with Crippen molar-refractivity contribution in [3.05, 3.63) is 30.3 Å². The fourth-order valence-electron chi connectivity index (χ4n) is 1.17. The Labute approximate surface area is 79.3 Å². The van der Waals surface area contributed by atoms with Crippen LogP contribution in [0.4, 0.5) is 0 Å². The minimum absolute atomic E-state index is 1.04. The fourth-order valence-corrected chi connectivity index (χ4v) is 2.83. The molecule has 0 aromatic heterocycles. The first-order chi connectivity index (χ1) is 6.02. The van der Waals surface area contributed by atoms with Crippen molar-refractivity contribution >= 4 is 20.8 Å². The van der Waals surface area contributed by atoms with E-state index in [1.165, 1.54) is 0 Å². The minimum atomic E-state index is -2.14. The summed E-state index contributed by atoms with van der Waals surface area (Å²) in [5.74, 6) is 0. The second-order valence-corrected chi connectivity index (χ2v) is 7.15. The fraction of sp³-hybridized carbons (Fsp3) is 0.250. The Balaban J connectivity index is 2.81. The number of benzene rings is 1. The maximum absolute atomic E-state index is 8.72. The molecule has 1 rings (SSSR count). The molecular formula is C8H13BO3Si. The topological polar surface area (TPSA) is 49.7 Å². The monoisotopic (exact) mass is 196 g/mol. The standard InChI is InChI=1S/C8H13BO3Si/c1-13(2,12-9(10)11)8-6-4-3-5-7-8/h3-7,10-11H,1-2H3. The number of rotatable bonds is 3. The predicted molar refractivity (Wildman–Crippen MR) is 54.8 cm³/mol. The molecule has 0 amide bonds. The zero-order valence-electron chi connectivity index (χ0n) is 7.77. The zero-order chi connectivity index (χ0) is 9.90. The number of hydrogen-bond donors (Lipinski definition) is 2. The lowest BCUT2D eigenvalue weighted by Crippen LogP contribution is -2.48. The molecule has 70 valence electrons. The van der Waals surface area contributed by atoms with Gasteiger partial charge in [-0.15, -0.1) is 0 Å². The Kier molecular flexibility index (Phi) is 3.27. The van der Waals surface area contributed by atoms with E-state index < -0.39 is 15.6 Å². The van der Waals surface area contributed by atoms with Crippen molar-refractivity contribution in [2.24, 2.45) is 0 Å². The van der Waals surface area contributed by atoms with Crippen LogP contribution in [0, 0.1) is 0 Å². The highest BCUT2D eigenvalue weighted by Crippen LogP contribution is 2.05. The molecule has 0 fully saturated rings. The summed E-state index contributed by atoms with van der Waals surface area (Å²) in [6.45, 7) is 3.84. The van der Waals surface area contributed by atoms with Crippen LogP contribution in [0.2, 0.25) is 13.1 Å². The largest absolute Gasteiger partial charge is 0.623 e. The molecule has 0 spiro atoms. The molecule has 0 saturated heterocycles. The van der Waals surface area contributed by atoms with Crippen LogP contribution in [0.3, 0.4) is 0 Å². The second-order valence-electron chi connectivity index (χ2n) is 3.32. The maximum Gasteiger partial charge on any atom is 0.623 e. The van der Waals surface area contributed by atoms with Crippen molar-refractivity contribution in [3.63, 3.8) is 0 Å². The summed E-state index contributed by atoms with van der Waals surface area (Å²) in [5, 5.41) is 18.5. The van der Waals surface area contributed by atoms with E-state index in [1.54, 1.807) is 0 Å². The molecule has 3 nitrogen and oxygen atoms in total. The summed E-state index contributed by atoms with van der Waals surface area (Å²) >= 11 is 0. The highest BCUT2D eigenvalue weighted by atomic mass is 28.4. The lowest BCUT2D eigenvalue weighted by molar-refractivity contribution is 0.287. The lowest BCUT2D eigenvalue weighted by Gasteiger charge is -2.22. The quantitative estimate of drug-likeness (QED) is 0.673. The summed E-state index contributed by atoms with van der Waals surface area (Å²) in [5.41, 5.74) is 0. The molecule has 0 bridgehead atoms. The molecule has 1 aromatic rings. The minimum Gasteiger partial charge on any atom is -0.424 e. The molecule has 0 unspecified atom stereocenters. The molecule has 0 radical (unpaired) electrons. The molecule has 0 atom stereocenters. The van der Waals surface area contributed by atoms with E-state index in [0.717, 1.165) is 5.19 Å². The van der Waals surface area contributed by atoms with Crippen molar-refractivity contribution in [1.82, 2.24) is 0 Å². The summed E-state index contributed by atoms with van der Waals surface area (Å²) in [4.78, 5) is 0. The van der Waals surface area contributed by atoms with Crippen LogP contribution >= 0.6 is 0 Å². The smallest absolute Gasteiger partial charge is 0.424 e. The summed E-state index contributed by atoms with van der Waals surface area (Å²) < 4.78 is 5.07. The van der Waals surface area contributed by atoms with Crippen molar-refractivity contribution in [2.75, 3.05) is 0 Å². The van der Waals surface area contributed by atoms with Crippen molar-refractivity contribution in [3.8, 4) is 0 Å². The van der Waals surface area contributed by atoms with Crippen LogP contribution in [0.15, 0.2) is 30.3 Å². The van der Waals surface area contributed by atoms with E-state index in [4.69, 9.17) is 14.4 Å². The van der Waals surface area contributed by atoms with Crippen LogP contribution in [0.5, 0.6) is 0 Å². The van der Waals surface area contributed by atoms with Crippen LogP contribution in [-0.4, -0.2) is 25.7 Å². The van der Waals surface area contributed by atoms with Crippen LogP contribution in [-0.2, 0) is 4.34 Å². The van der Waals surface area contributed by atoms with Gasteiger partial charge in [0.1, 0.15) is 0 Å². The van der Waals surface area contributed by atoms with Gasteiger partial charge in [0.25, 0.3) is 0 Å². The van der Waals surface area contributed by atoms with Crippen LogP contribution in [0.25, 0.3) is 0 Å². The third-order valence-corrected chi connectivity index (χ3v) is 4.39. The predicted octanol–water partition coefficient (Wildman–Crippen LogP) is 0.0848. The molecule has 0 aliphatic rings. The molecule has 2 N–H and O–H groups in total. The molecule has 0 aliphatic carbocycles. The molecule has 1 aromatic carbocycles. The highest BCUT2D eigenvalue weighted by Gasteiger charge is 2.29. The molecule has 0 heterocycles. The van der Waals surface area contributed by atoms with Crippen molar-refractivity contribution in [1.29, 1.82) is 0 Å². The van der Waals surface area contributed by atoms with Gasteiger partial charge in [-0.3, -0.25) is 0 Å². The van der Waals surface area contributed by atoms with Gasteiger partial charge in [-0.1, -0.05) is 30.3 Å². The molecule has 13 heavy (non-hydrogen) atoms. The zero-order valence-corrected chi connectivity index (χ0v) is 8.77. The first-order valence-corrected chi connectivity index (χ1v) is 7.03. The first-order valence-electron chi connectivity index (χ1n) is 4.12. The third kappa shape index (κ3) is 2.96. The second kappa shape index (κ2) is 4.06. The molecule has 5 heteroatoms. The lowest BCUT2D eigenvalue weighted by atomic mass is 10.3. The van der Waals surface area contributed by atoms with Gasteiger partial charge in [0, 0.05) is 0 Å². The number of hydrogen-bond acceptors (Lipinski definition) is 3. The summed E-state index contributed by atoms with van der Waals surface area (Å²) in [6.07, 6.45) is 0. The maximum atomic E-state index is 8.72. The van der Waals surface area contributed by atoms with Gasteiger partial charge in [-0.2, -0.15) is 0 Å². The normalized spacial score (nSPS) is 11.4. The van der Waals surface area contributed by atoms with Gasteiger partial charge in [0.15, 0.2) is 0 Å². The molecule has 0 saturated carbocycles. The molecule has 0 aliphatic heterocycles. The Morgan fingerprint density at radius 1 is 1.15 bits per heavy atom. The van der Waals surface area contributed by atoms with E-state index in [2.05, 4.69) is 0 Å². The van der Waals surface area contributed by atoms with Gasteiger partial charge < -0.3 is 14.4 Å². The summed E-state index contributed by atoms with van der Waals surface area (Å²) in [6, 6.07) is 9.63. The Morgan fingerprint density at radius 3 is 2.15 bits per heavy atom. The van der Waals surface area contributed by atoms with Crippen molar-refractivity contribution in [2.45, 2.75) is 13.1 Å². The van der Waals surface area contributed by atoms with E-state index >= 15 is 0 Å². The van der Waals surface area contributed by atoms with Gasteiger partial charge >= 0.3 is 7.32 Å². The average Bonchev–Trinajstić information content (AvgIpc) is 2.04. The Bertz CT molecular complexity index is 263. The van der Waals surface area contributed by atoms with Crippen LogP contribution < -0.4 is 5.19 Å². The third-order valence-electron chi connectivity index (χ3n) is 1.87. The SMILES string of the molecule is C[Si](C)(OB(O)O)c1ccccc1. The van der Waals surface area contributed by atoms with Gasteiger partial charge in [-0.05, 0) is 18.3 Å².